The van der Waals surface area contributed by atoms with Gasteiger partial charge < -0.3 is 14.8 Å². The second-order valence-electron chi connectivity index (χ2n) is 5.32. The van der Waals surface area contributed by atoms with E-state index in [-0.39, 0.29) is 12.0 Å². The lowest BCUT2D eigenvalue weighted by Gasteiger charge is -2.12. The van der Waals surface area contributed by atoms with Crippen molar-refractivity contribution in [2.24, 2.45) is 0 Å². The lowest BCUT2D eigenvalue weighted by Crippen LogP contribution is -2.14. The van der Waals surface area contributed by atoms with E-state index in [2.05, 4.69) is 5.32 Å². The molecule has 0 spiro atoms. The van der Waals surface area contributed by atoms with E-state index in [1.807, 2.05) is 38.1 Å². The Kier molecular flexibility index (Phi) is 6.82. The largest absolute Gasteiger partial charge is 0.497 e. The number of carbonyl (C=O) groups is 1. The van der Waals surface area contributed by atoms with Gasteiger partial charge in [0.25, 0.3) is 0 Å². The van der Waals surface area contributed by atoms with Gasteiger partial charge in [0.1, 0.15) is 11.5 Å². The minimum atomic E-state index is -0.0931. The van der Waals surface area contributed by atoms with Crippen LogP contribution in [0.2, 0.25) is 5.02 Å². The van der Waals surface area contributed by atoms with Crippen LogP contribution in [0, 0.1) is 0 Å². The first-order valence-corrected chi connectivity index (χ1v) is 8.87. The molecule has 1 amide bonds. The van der Waals surface area contributed by atoms with Crippen LogP contribution in [0.5, 0.6) is 11.5 Å². The predicted molar refractivity (Wildman–Crippen MR) is 99.6 cm³/mol. The quantitative estimate of drug-likeness (QED) is 0.711. The molecule has 128 valence electrons. The molecule has 0 aromatic heterocycles. The van der Waals surface area contributed by atoms with Crippen molar-refractivity contribution in [3.63, 3.8) is 0 Å². The second kappa shape index (κ2) is 8.85. The zero-order chi connectivity index (χ0) is 17.5. The summed E-state index contributed by atoms with van der Waals surface area (Å²) in [6.07, 6.45) is 0.0452. The molecule has 4 nitrogen and oxygen atoms in total. The summed E-state index contributed by atoms with van der Waals surface area (Å²) in [4.78, 5) is 13.1. The Balaban J connectivity index is 1.88. The fraction of sp³-hybridized carbons (Fsp3) is 0.278. The molecule has 0 radical (unpaired) electrons. The maximum absolute atomic E-state index is 12.1. The third-order valence-corrected chi connectivity index (χ3v) is 4.32. The maximum Gasteiger partial charge on any atom is 0.234 e. The first-order valence-electron chi connectivity index (χ1n) is 7.51. The molecule has 24 heavy (non-hydrogen) atoms. The molecule has 0 bridgehead atoms. The number of halogens is 1. The van der Waals surface area contributed by atoms with Gasteiger partial charge in [0.2, 0.25) is 5.91 Å². The van der Waals surface area contributed by atoms with Crippen LogP contribution in [0.4, 0.5) is 5.69 Å². The number of amides is 1. The highest BCUT2D eigenvalue weighted by Gasteiger charge is 2.08. The van der Waals surface area contributed by atoms with Gasteiger partial charge >= 0.3 is 0 Å². The van der Waals surface area contributed by atoms with Crippen molar-refractivity contribution in [2.45, 2.75) is 24.8 Å². The molecular formula is C18H20ClNO3S. The van der Waals surface area contributed by atoms with Crippen molar-refractivity contribution in [3.8, 4) is 11.5 Å². The molecule has 2 aromatic carbocycles. The van der Waals surface area contributed by atoms with Gasteiger partial charge in [-0.2, -0.15) is 0 Å². The summed E-state index contributed by atoms with van der Waals surface area (Å²) in [5.41, 5.74) is 0.649. The maximum atomic E-state index is 12.1. The van der Waals surface area contributed by atoms with Crippen LogP contribution in [-0.2, 0) is 4.79 Å². The zero-order valence-corrected chi connectivity index (χ0v) is 15.4. The number of ether oxygens (including phenoxy) is 2. The molecule has 0 fully saturated rings. The number of nitrogens with one attached hydrogen (secondary N) is 1. The van der Waals surface area contributed by atoms with Crippen LogP contribution in [0.15, 0.2) is 47.4 Å². The average Bonchev–Trinajstić information content (AvgIpc) is 2.55. The molecule has 0 unspecified atom stereocenters. The standard InChI is InChI=1S/C18H20ClNO3S/c1-12(2)23-17-9-4-13(10-16(17)19)20-18(21)11-24-15-7-5-14(22-3)6-8-15/h4-10,12H,11H2,1-3H3,(H,20,21). The highest BCUT2D eigenvalue weighted by Crippen LogP contribution is 2.29. The van der Waals surface area contributed by atoms with E-state index >= 15 is 0 Å². The fourth-order valence-electron chi connectivity index (χ4n) is 1.95. The molecule has 0 aliphatic heterocycles. The van der Waals surface area contributed by atoms with Gasteiger partial charge in [0, 0.05) is 10.6 Å². The van der Waals surface area contributed by atoms with Crippen molar-refractivity contribution in [1.29, 1.82) is 0 Å². The van der Waals surface area contributed by atoms with Crippen molar-refractivity contribution in [2.75, 3.05) is 18.2 Å². The van der Waals surface area contributed by atoms with Gasteiger partial charge in [-0.15, -0.1) is 11.8 Å². The third-order valence-electron chi connectivity index (χ3n) is 3.01. The zero-order valence-electron chi connectivity index (χ0n) is 13.8. The Hall–Kier alpha value is -1.85. The average molecular weight is 366 g/mol. The molecule has 0 aliphatic rings. The van der Waals surface area contributed by atoms with Gasteiger partial charge in [-0.25, -0.2) is 0 Å². The number of benzene rings is 2. The number of thioether (sulfide) groups is 1. The molecule has 0 saturated heterocycles. The predicted octanol–water partition coefficient (Wildman–Crippen LogP) is 4.87. The SMILES string of the molecule is COc1ccc(SCC(=O)Nc2ccc(OC(C)C)c(Cl)c2)cc1. The van der Waals surface area contributed by atoms with E-state index in [1.165, 1.54) is 11.8 Å². The van der Waals surface area contributed by atoms with Crippen molar-refractivity contribution in [1.82, 2.24) is 0 Å². The summed E-state index contributed by atoms with van der Waals surface area (Å²) in [5, 5.41) is 3.31. The normalized spacial score (nSPS) is 10.5. The minimum Gasteiger partial charge on any atom is -0.497 e. The first kappa shape index (κ1) is 18.5. The number of hydrogen-bond donors (Lipinski definition) is 1. The second-order valence-corrected chi connectivity index (χ2v) is 6.78. The lowest BCUT2D eigenvalue weighted by molar-refractivity contribution is -0.113. The minimum absolute atomic E-state index is 0.0452. The van der Waals surface area contributed by atoms with Crippen molar-refractivity contribution >= 4 is 35.0 Å². The van der Waals surface area contributed by atoms with Gasteiger partial charge in [0.05, 0.1) is 24.0 Å². The summed E-state index contributed by atoms with van der Waals surface area (Å²) in [6, 6.07) is 12.8. The van der Waals surface area contributed by atoms with E-state index in [1.54, 1.807) is 25.3 Å². The molecule has 6 heteroatoms. The topological polar surface area (TPSA) is 47.6 Å². The summed E-state index contributed by atoms with van der Waals surface area (Å²) in [6.45, 7) is 3.87. The highest BCUT2D eigenvalue weighted by molar-refractivity contribution is 8.00. The smallest absolute Gasteiger partial charge is 0.234 e. The van der Waals surface area contributed by atoms with Gasteiger partial charge in [-0.1, -0.05) is 11.6 Å². The van der Waals surface area contributed by atoms with Gasteiger partial charge in [0.15, 0.2) is 0 Å². The molecule has 2 rings (SSSR count). The summed E-state index contributed by atoms with van der Waals surface area (Å²) in [5.74, 6) is 1.62. The van der Waals surface area contributed by atoms with Crippen molar-refractivity contribution < 1.29 is 14.3 Å². The summed E-state index contributed by atoms with van der Waals surface area (Å²) in [7, 11) is 1.62. The summed E-state index contributed by atoms with van der Waals surface area (Å²) >= 11 is 7.62. The van der Waals surface area contributed by atoms with Crippen molar-refractivity contribution in [3.05, 3.63) is 47.5 Å². The van der Waals surface area contributed by atoms with Crippen LogP contribution in [0.3, 0.4) is 0 Å². The van der Waals surface area contributed by atoms with Gasteiger partial charge in [-0.3, -0.25) is 4.79 Å². The van der Waals surface area contributed by atoms with Gasteiger partial charge in [-0.05, 0) is 56.3 Å². The molecule has 0 saturated carbocycles. The molecular weight excluding hydrogens is 346 g/mol. The van der Waals surface area contributed by atoms with Crippen LogP contribution in [-0.4, -0.2) is 24.9 Å². The lowest BCUT2D eigenvalue weighted by atomic mass is 10.3. The Labute approximate surface area is 151 Å². The van der Waals surface area contributed by atoms with E-state index in [0.29, 0.717) is 22.2 Å². The number of anilines is 1. The molecule has 0 aliphatic carbocycles. The number of rotatable bonds is 7. The third kappa shape index (κ3) is 5.65. The Morgan fingerprint density at radius 1 is 1.21 bits per heavy atom. The van der Waals surface area contributed by atoms with E-state index in [0.717, 1.165) is 10.6 Å². The van der Waals surface area contributed by atoms with E-state index < -0.39 is 0 Å². The van der Waals surface area contributed by atoms with E-state index in [4.69, 9.17) is 21.1 Å². The van der Waals surface area contributed by atoms with Crippen LogP contribution < -0.4 is 14.8 Å². The molecule has 0 atom stereocenters. The number of methoxy groups -OCH3 is 1. The van der Waals surface area contributed by atoms with Crippen LogP contribution >= 0.6 is 23.4 Å². The fourth-order valence-corrected chi connectivity index (χ4v) is 2.87. The molecule has 2 aromatic rings. The summed E-state index contributed by atoms with van der Waals surface area (Å²) < 4.78 is 10.7. The molecule has 1 N–H and O–H groups in total. The monoisotopic (exact) mass is 365 g/mol. The molecule has 0 heterocycles. The Bertz CT molecular complexity index is 689. The van der Waals surface area contributed by atoms with Crippen LogP contribution in [0.1, 0.15) is 13.8 Å². The van der Waals surface area contributed by atoms with Crippen LogP contribution in [0.25, 0.3) is 0 Å². The highest BCUT2D eigenvalue weighted by atomic mass is 35.5. The van der Waals surface area contributed by atoms with E-state index in [9.17, 15) is 4.79 Å². The Morgan fingerprint density at radius 3 is 2.50 bits per heavy atom. The Morgan fingerprint density at radius 2 is 1.92 bits per heavy atom. The number of carbonyl (C=O) groups excluding carboxylic acids is 1. The first-order chi connectivity index (χ1) is 11.5. The number of hydrogen-bond acceptors (Lipinski definition) is 4.